The first kappa shape index (κ1) is 15.6. The van der Waals surface area contributed by atoms with Gasteiger partial charge in [-0.05, 0) is 36.1 Å². The van der Waals surface area contributed by atoms with Crippen LogP contribution in [0.4, 0.5) is 0 Å². The van der Waals surface area contributed by atoms with Crippen molar-refractivity contribution in [2.24, 2.45) is 0 Å². The number of rotatable bonds is 2. The lowest BCUT2D eigenvalue weighted by atomic mass is 9.65. The van der Waals surface area contributed by atoms with Gasteiger partial charge < -0.3 is 5.32 Å². The van der Waals surface area contributed by atoms with Gasteiger partial charge in [-0.25, -0.2) is 0 Å². The van der Waals surface area contributed by atoms with Crippen LogP contribution in [0.15, 0.2) is 72.8 Å². The van der Waals surface area contributed by atoms with Crippen LogP contribution in [-0.4, -0.2) is 5.91 Å². The quantitative estimate of drug-likeness (QED) is 0.748. The SMILES string of the molecule is Cc1ccc(C2(c3ccc(C)cc3)C(=O)NCc3ccccc32)cc1. The van der Waals surface area contributed by atoms with Crippen LogP contribution in [-0.2, 0) is 16.8 Å². The van der Waals surface area contributed by atoms with Gasteiger partial charge in [0, 0.05) is 6.54 Å². The molecule has 0 aromatic heterocycles. The van der Waals surface area contributed by atoms with E-state index in [2.05, 4.69) is 79.8 Å². The Bertz CT molecular complexity index is 878. The lowest BCUT2D eigenvalue weighted by molar-refractivity contribution is -0.124. The van der Waals surface area contributed by atoms with Crippen molar-refractivity contribution in [3.05, 3.63) is 106 Å². The summed E-state index contributed by atoms with van der Waals surface area (Å²) in [6, 6.07) is 24.9. The minimum atomic E-state index is -0.809. The molecule has 1 N–H and O–H groups in total. The molecule has 0 atom stereocenters. The Kier molecular flexibility index (Phi) is 3.69. The Morgan fingerprint density at radius 2 is 1.28 bits per heavy atom. The number of fused-ring (bicyclic) bond motifs is 1. The van der Waals surface area contributed by atoms with Gasteiger partial charge in [0.15, 0.2) is 0 Å². The van der Waals surface area contributed by atoms with Crippen LogP contribution >= 0.6 is 0 Å². The van der Waals surface area contributed by atoms with Gasteiger partial charge >= 0.3 is 0 Å². The molecule has 1 heterocycles. The van der Waals surface area contributed by atoms with Crippen LogP contribution in [0, 0.1) is 13.8 Å². The Hall–Kier alpha value is -2.87. The molecule has 0 fully saturated rings. The Labute approximate surface area is 148 Å². The summed E-state index contributed by atoms with van der Waals surface area (Å²) in [7, 11) is 0. The summed E-state index contributed by atoms with van der Waals surface area (Å²) in [5, 5.41) is 3.12. The minimum Gasteiger partial charge on any atom is -0.351 e. The third-order valence-electron chi connectivity index (χ3n) is 5.17. The molecule has 124 valence electrons. The number of nitrogens with one attached hydrogen (secondary N) is 1. The summed E-state index contributed by atoms with van der Waals surface area (Å²) in [6.45, 7) is 4.71. The van der Waals surface area contributed by atoms with Crippen molar-refractivity contribution in [2.45, 2.75) is 25.8 Å². The van der Waals surface area contributed by atoms with Crippen molar-refractivity contribution in [1.29, 1.82) is 0 Å². The average molecular weight is 327 g/mol. The molecule has 0 spiro atoms. The van der Waals surface area contributed by atoms with Gasteiger partial charge in [0.05, 0.1) is 0 Å². The fourth-order valence-corrected chi connectivity index (χ4v) is 3.82. The summed E-state index contributed by atoms with van der Waals surface area (Å²) in [5.41, 5.74) is 5.82. The van der Waals surface area contributed by atoms with E-state index in [9.17, 15) is 4.79 Å². The normalized spacial score (nSPS) is 15.4. The lowest BCUT2D eigenvalue weighted by Crippen LogP contribution is -2.50. The molecular weight excluding hydrogens is 306 g/mol. The number of aryl methyl sites for hydroxylation is 2. The molecule has 2 nitrogen and oxygen atoms in total. The molecule has 3 aromatic rings. The second-order valence-corrected chi connectivity index (χ2v) is 6.82. The summed E-state index contributed by atoms with van der Waals surface area (Å²) in [6.07, 6.45) is 0. The van der Waals surface area contributed by atoms with Crippen LogP contribution in [0.5, 0.6) is 0 Å². The molecule has 1 amide bonds. The van der Waals surface area contributed by atoms with Crippen molar-refractivity contribution in [1.82, 2.24) is 5.32 Å². The molecule has 0 unspecified atom stereocenters. The number of carbonyl (C=O) groups is 1. The van der Waals surface area contributed by atoms with E-state index in [1.54, 1.807) is 0 Å². The minimum absolute atomic E-state index is 0.0407. The predicted molar refractivity (Wildman–Crippen MR) is 101 cm³/mol. The maximum Gasteiger partial charge on any atom is 0.239 e. The maximum atomic E-state index is 13.3. The molecule has 0 aliphatic carbocycles. The fraction of sp³-hybridized carbons (Fsp3) is 0.174. The largest absolute Gasteiger partial charge is 0.351 e. The number of carbonyl (C=O) groups excluding carboxylic acids is 1. The highest BCUT2D eigenvalue weighted by molar-refractivity contribution is 5.97. The summed E-state index contributed by atoms with van der Waals surface area (Å²) >= 11 is 0. The van der Waals surface area contributed by atoms with Gasteiger partial charge in [-0.3, -0.25) is 4.79 Å². The molecule has 1 aliphatic heterocycles. The topological polar surface area (TPSA) is 29.1 Å². The van der Waals surface area contributed by atoms with E-state index < -0.39 is 5.41 Å². The number of hydrogen-bond donors (Lipinski definition) is 1. The van der Waals surface area contributed by atoms with Gasteiger partial charge in [0.2, 0.25) is 5.91 Å². The molecule has 0 saturated heterocycles. The zero-order chi connectivity index (χ0) is 17.4. The third-order valence-corrected chi connectivity index (χ3v) is 5.17. The number of amides is 1. The highest BCUT2D eigenvalue weighted by atomic mass is 16.2. The van der Waals surface area contributed by atoms with Crippen LogP contribution in [0.3, 0.4) is 0 Å². The van der Waals surface area contributed by atoms with E-state index in [1.165, 1.54) is 16.7 Å². The highest BCUT2D eigenvalue weighted by Gasteiger charge is 2.47. The highest BCUT2D eigenvalue weighted by Crippen LogP contribution is 2.43. The zero-order valence-electron chi connectivity index (χ0n) is 14.5. The molecule has 3 aromatic carbocycles. The maximum absolute atomic E-state index is 13.3. The molecular formula is C23H21NO. The Morgan fingerprint density at radius 1 is 0.760 bits per heavy atom. The van der Waals surface area contributed by atoms with E-state index in [0.717, 1.165) is 16.7 Å². The average Bonchev–Trinajstić information content (AvgIpc) is 2.64. The van der Waals surface area contributed by atoms with Crippen molar-refractivity contribution < 1.29 is 4.79 Å². The van der Waals surface area contributed by atoms with Gasteiger partial charge in [-0.15, -0.1) is 0 Å². The monoisotopic (exact) mass is 327 g/mol. The van der Waals surface area contributed by atoms with Gasteiger partial charge in [-0.2, -0.15) is 0 Å². The third kappa shape index (κ3) is 2.37. The van der Waals surface area contributed by atoms with Gasteiger partial charge in [0.25, 0.3) is 0 Å². The molecule has 1 aliphatic rings. The molecule has 0 radical (unpaired) electrons. The van der Waals surface area contributed by atoms with Crippen LogP contribution in [0.1, 0.15) is 33.4 Å². The van der Waals surface area contributed by atoms with Crippen LogP contribution in [0.25, 0.3) is 0 Å². The number of hydrogen-bond acceptors (Lipinski definition) is 1. The van der Waals surface area contributed by atoms with E-state index in [-0.39, 0.29) is 5.91 Å². The first-order valence-corrected chi connectivity index (χ1v) is 8.63. The van der Waals surface area contributed by atoms with Crippen LogP contribution in [0.2, 0.25) is 0 Å². The number of benzene rings is 3. The second-order valence-electron chi connectivity index (χ2n) is 6.82. The van der Waals surface area contributed by atoms with E-state index in [0.29, 0.717) is 6.54 Å². The lowest BCUT2D eigenvalue weighted by Gasteiger charge is -2.39. The molecule has 0 saturated carbocycles. The zero-order valence-corrected chi connectivity index (χ0v) is 14.5. The molecule has 2 heteroatoms. The van der Waals surface area contributed by atoms with Crippen LogP contribution < -0.4 is 5.32 Å². The summed E-state index contributed by atoms with van der Waals surface area (Å²) in [5.74, 6) is 0.0407. The molecule has 0 bridgehead atoms. The van der Waals surface area contributed by atoms with E-state index in [4.69, 9.17) is 0 Å². The van der Waals surface area contributed by atoms with Gasteiger partial charge in [-0.1, -0.05) is 83.9 Å². The van der Waals surface area contributed by atoms with Crippen molar-refractivity contribution >= 4 is 5.91 Å². The van der Waals surface area contributed by atoms with Crippen molar-refractivity contribution in [2.75, 3.05) is 0 Å². The second kappa shape index (κ2) is 5.89. The molecule has 25 heavy (non-hydrogen) atoms. The fourth-order valence-electron chi connectivity index (χ4n) is 3.82. The summed E-state index contributed by atoms with van der Waals surface area (Å²) in [4.78, 5) is 13.3. The summed E-state index contributed by atoms with van der Waals surface area (Å²) < 4.78 is 0. The van der Waals surface area contributed by atoms with Crippen molar-refractivity contribution in [3.8, 4) is 0 Å². The van der Waals surface area contributed by atoms with Crippen molar-refractivity contribution in [3.63, 3.8) is 0 Å². The first-order valence-electron chi connectivity index (χ1n) is 8.63. The predicted octanol–water partition coefficient (Wildman–Crippen LogP) is 4.27. The molecule has 4 rings (SSSR count). The van der Waals surface area contributed by atoms with E-state index >= 15 is 0 Å². The first-order chi connectivity index (χ1) is 12.1. The Balaban J connectivity index is 2.08. The van der Waals surface area contributed by atoms with E-state index in [1.807, 2.05) is 12.1 Å². The Morgan fingerprint density at radius 3 is 1.84 bits per heavy atom. The smallest absolute Gasteiger partial charge is 0.239 e. The van der Waals surface area contributed by atoms with Gasteiger partial charge in [0.1, 0.15) is 5.41 Å². The standard InChI is InChI=1S/C23H21NO/c1-16-7-11-19(12-8-16)23(20-13-9-17(2)10-14-20)21-6-4-3-5-18(21)15-24-22(23)25/h3-14H,15H2,1-2H3,(H,24,25).